The Balaban J connectivity index is 2.24. The van der Waals surface area contributed by atoms with Crippen LogP contribution in [0.15, 0.2) is 53.5 Å². The van der Waals surface area contributed by atoms with Crippen molar-refractivity contribution in [3.63, 3.8) is 0 Å². The Morgan fingerprint density at radius 2 is 1.78 bits per heavy atom. The van der Waals surface area contributed by atoms with Crippen LogP contribution in [0.4, 0.5) is 5.69 Å². The molecule has 0 amide bonds. The van der Waals surface area contributed by atoms with E-state index < -0.39 is 7.12 Å². The minimum atomic E-state index is -1.51. The van der Waals surface area contributed by atoms with Crippen LogP contribution < -0.4 is 5.46 Å². The van der Waals surface area contributed by atoms with E-state index in [1.807, 2.05) is 0 Å². The van der Waals surface area contributed by atoms with E-state index in [9.17, 15) is 5.11 Å². The third-order valence-electron chi connectivity index (χ3n) is 2.46. The van der Waals surface area contributed by atoms with E-state index in [1.54, 1.807) is 48.5 Å². The first-order valence-corrected chi connectivity index (χ1v) is 5.45. The van der Waals surface area contributed by atoms with E-state index in [4.69, 9.17) is 10.0 Å². The third-order valence-corrected chi connectivity index (χ3v) is 2.46. The molecule has 0 atom stereocenters. The molecule has 0 fully saturated rings. The molecule has 0 aliphatic heterocycles. The molecule has 0 aliphatic rings. The van der Waals surface area contributed by atoms with Gasteiger partial charge in [-0.25, -0.2) is 0 Å². The average Bonchev–Trinajstić information content (AvgIpc) is 2.38. The largest absolute Gasteiger partial charge is 0.507 e. The van der Waals surface area contributed by atoms with Crippen LogP contribution in [0.3, 0.4) is 0 Å². The maximum absolute atomic E-state index is 9.56. The van der Waals surface area contributed by atoms with Gasteiger partial charge in [0, 0.05) is 11.8 Å². The fourth-order valence-electron chi connectivity index (χ4n) is 1.51. The minimum absolute atomic E-state index is 0.152. The van der Waals surface area contributed by atoms with Gasteiger partial charge in [0.15, 0.2) is 0 Å². The molecule has 0 spiro atoms. The molecule has 5 heteroatoms. The van der Waals surface area contributed by atoms with Crippen LogP contribution in [0.2, 0.25) is 0 Å². The number of hydrogen-bond donors (Lipinski definition) is 3. The van der Waals surface area contributed by atoms with E-state index in [0.717, 1.165) is 0 Å². The molecule has 0 aliphatic carbocycles. The van der Waals surface area contributed by atoms with Crippen LogP contribution in [0.1, 0.15) is 5.56 Å². The quantitative estimate of drug-likeness (QED) is 0.550. The van der Waals surface area contributed by atoms with Gasteiger partial charge in [0.05, 0.1) is 5.69 Å². The first-order valence-electron chi connectivity index (χ1n) is 5.45. The molecule has 2 aromatic carbocycles. The Kier molecular flexibility index (Phi) is 3.77. The second-order valence-corrected chi connectivity index (χ2v) is 3.79. The molecule has 2 rings (SSSR count). The summed E-state index contributed by atoms with van der Waals surface area (Å²) in [5.41, 5.74) is 1.57. The summed E-state index contributed by atoms with van der Waals surface area (Å²) < 4.78 is 0. The van der Waals surface area contributed by atoms with E-state index in [1.165, 1.54) is 6.21 Å². The van der Waals surface area contributed by atoms with Gasteiger partial charge in [-0.05, 0) is 29.7 Å². The number of benzene rings is 2. The summed E-state index contributed by atoms with van der Waals surface area (Å²) in [4.78, 5) is 4.17. The zero-order chi connectivity index (χ0) is 13.0. The number of aromatic hydroxyl groups is 1. The van der Waals surface area contributed by atoms with E-state index in [0.29, 0.717) is 16.7 Å². The predicted molar refractivity (Wildman–Crippen MR) is 71.6 cm³/mol. The molecule has 2 aromatic rings. The molecular weight excluding hydrogens is 229 g/mol. The molecular formula is C13H12BNO3. The monoisotopic (exact) mass is 241 g/mol. The summed E-state index contributed by atoms with van der Waals surface area (Å²) in [7, 11) is -1.51. The summed E-state index contributed by atoms with van der Waals surface area (Å²) in [5, 5.41) is 27.6. The lowest BCUT2D eigenvalue weighted by Crippen LogP contribution is -2.29. The van der Waals surface area contributed by atoms with Crippen molar-refractivity contribution in [1.82, 2.24) is 0 Å². The molecule has 0 unspecified atom stereocenters. The fraction of sp³-hybridized carbons (Fsp3) is 0. The lowest BCUT2D eigenvalue weighted by molar-refractivity contribution is 0.426. The second-order valence-electron chi connectivity index (χ2n) is 3.79. The smallest absolute Gasteiger partial charge is 0.488 e. The minimum Gasteiger partial charge on any atom is -0.507 e. The van der Waals surface area contributed by atoms with E-state index >= 15 is 0 Å². The summed E-state index contributed by atoms with van der Waals surface area (Å²) in [6.45, 7) is 0. The highest BCUT2D eigenvalue weighted by atomic mass is 16.4. The van der Waals surface area contributed by atoms with Crippen molar-refractivity contribution in [2.75, 3.05) is 0 Å². The van der Waals surface area contributed by atoms with Crippen molar-refractivity contribution in [2.24, 2.45) is 4.99 Å². The van der Waals surface area contributed by atoms with Crippen molar-refractivity contribution in [1.29, 1.82) is 0 Å². The van der Waals surface area contributed by atoms with Crippen LogP contribution in [0, 0.1) is 0 Å². The molecule has 0 saturated carbocycles. The van der Waals surface area contributed by atoms with Crippen molar-refractivity contribution in [3.05, 3.63) is 54.1 Å². The van der Waals surface area contributed by atoms with Gasteiger partial charge in [0.25, 0.3) is 0 Å². The molecule has 18 heavy (non-hydrogen) atoms. The third kappa shape index (κ3) is 2.97. The van der Waals surface area contributed by atoms with Gasteiger partial charge in [-0.3, -0.25) is 4.99 Å². The van der Waals surface area contributed by atoms with Gasteiger partial charge < -0.3 is 15.2 Å². The lowest BCUT2D eigenvalue weighted by atomic mass is 9.80. The number of rotatable bonds is 3. The summed E-state index contributed by atoms with van der Waals surface area (Å²) in [6, 6.07) is 13.4. The standard InChI is InChI=1S/C13H12BNO3/c16-13-7-2-1-4-10(13)9-15-12-6-3-5-11(8-12)14(17)18/h1-9,16-18H. The van der Waals surface area contributed by atoms with Crippen LogP contribution in [0.25, 0.3) is 0 Å². The van der Waals surface area contributed by atoms with Gasteiger partial charge >= 0.3 is 7.12 Å². The molecule has 0 saturated heterocycles. The molecule has 0 heterocycles. The van der Waals surface area contributed by atoms with Gasteiger partial charge in [-0.15, -0.1) is 0 Å². The highest BCUT2D eigenvalue weighted by molar-refractivity contribution is 6.58. The Morgan fingerprint density at radius 1 is 1.00 bits per heavy atom. The van der Waals surface area contributed by atoms with Crippen molar-refractivity contribution < 1.29 is 15.2 Å². The Morgan fingerprint density at radius 3 is 2.50 bits per heavy atom. The van der Waals surface area contributed by atoms with Crippen LogP contribution in [-0.4, -0.2) is 28.5 Å². The maximum Gasteiger partial charge on any atom is 0.488 e. The molecule has 4 nitrogen and oxygen atoms in total. The van der Waals surface area contributed by atoms with Crippen molar-refractivity contribution in [2.45, 2.75) is 0 Å². The number of aliphatic imine (C=N–C) groups is 1. The van der Waals surface area contributed by atoms with Crippen molar-refractivity contribution >= 4 is 24.5 Å². The Bertz CT molecular complexity index is 570. The normalized spacial score (nSPS) is 10.8. The van der Waals surface area contributed by atoms with Gasteiger partial charge in [-0.2, -0.15) is 0 Å². The summed E-state index contributed by atoms with van der Waals surface area (Å²) >= 11 is 0. The first kappa shape index (κ1) is 12.4. The lowest BCUT2D eigenvalue weighted by Gasteiger charge is -2.00. The predicted octanol–water partition coefficient (Wildman–Crippen LogP) is 0.823. The maximum atomic E-state index is 9.56. The zero-order valence-electron chi connectivity index (χ0n) is 9.56. The Hall–Kier alpha value is -2.11. The SMILES string of the molecule is OB(O)c1cccc(N=Cc2ccccc2O)c1. The highest BCUT2D eigenvalue weighted by Crippen LogP contribution is 2.15. The first-order chi connectivity index (χ1) is 8.66. The molecule has 90 valence electrons. The van der Waals surface area contributed by atoms with Crippen molar-refractivity contribution in [3.8, 4) is 5.75 Å². The van der Waals surface area contributed by atoms with Crippen LogP contribution in [-0.2, 0) is 0 Å². The molecule has 0 aromatic heterocycles. The number of nitrogens with zero attached hydrogens (tertiary/aromatic N) is 1. The summed E-state index contributed by atoms with van der Waals surface area (Å²) in [5.74, 6) is 0.152. The molecule has 0 bridgehead atoms. The zero-order valence-corrected chi connectivity index (χ0v) is 9.56. The average molecular weight is 241 g/mol. The number of para-hydroxylation sites is 1. The fourth-order valence-corrected chi connectivity index (χ4v) is 1.51. The highest BCUT2D eigenvalue weighted by Gasteiger charge is 2.10. The molecule has 3 N–H and O–H groups in total. The van der Waals surface area contributed by atoms with Crippen LogP contribution >= 0.6 is 0 Å². The van der Waals surface area contributed by atoms with Gasteiger partial charge in [0.1, 0.15) is 5.75 Å². The van der Waals surface area contributed by atoms with Gasteiger partial charge in [-0.1, -0.05) is 24.3 Å². The Labute approximate surface area is 105 Å². The topological polar surface area (TPSA) is 73.0 Å². The number of phenols is 1. The second kappa shape index (κ2) is 5.49. The van der Waals surface area contributed by atoms with E-state index in [-0.39, 0.29) is 5.75 Å². The number of phenolic OH excluding ortho intramolecular Hbond substituents is 1. The van der Waals surface area contributed by atoms with Crippen LogP contribution in [0.5, 0.6) is 5.75 Å². The summed E-state index contributed by atoms with van der Waals surface area (Å²) in [6.07, 6.45) is 1.53. The van der Waals surface area contributed by atoms with E-state index in [2.05, 4.69) is 4.99 Å². The van der Waals surface area contributed by atoms with Gasteiger partial charge in [0.2, 0.25) is 0 Å². The molecule has 0 radical (unpaired) electrons. The number of hydrogen-bond acceptors (Lipinski definition) is 4.